The molecular formula is C20H26N2O. The summed E-state index contributed by atoms with van der Waals surface area (Å²) in [6.45, 7) is 8.71. The second-order valence-corrected chi connectivity index (χ2v) is 7.22. The fourth-order valence-electron chi connectivity index (χ4n) is 3.27. The SMILES string of the molecule is CC(C)(C)Oc1cccc(CN2Cc3ccccc3C2CN)c1. The lowest BCUT2D eigenvalue weighted by Gasteiger charge is -2.25. The van der Waals surface area contributed by atoms with Gasteiger partial charge in [0.25, 0.3) is 0 Å². The largest absolute Gasteiger partial charge is 0.488 e. The Morgan fingerprint density at radius 2 is 1.91 bits per heavy atom. The van der Waals surface area contributed by atoms with Crippen LogP contribution in [0.3, 0.4) is 0 Å². The lowest BCUT2D eigenvalue weighted by Crippen LogP contribution is -2.27. The first-order valence-electron chi connectivity index (χ1n) is 8.26. The number of nitrogens with two attached hydrogens (primary N) is 1. The van der Waals surface area contributed by atoms with Crippen LogP contribution in [0.2, 0.25) is 0 Å². The molecule has 1 atom stereocenters. The molecule has 0 bridgehead atoms. The monoisotopic (exact) mass is 310 g/mol. The van der Waals surface area contributed by atoms with E-state index in [1.165, 1.54) is 16.7 Å². The van der Waals surface area contributed by atoms with Crippen LogP contribution in [-0.2, 0) is 13.1 Å². The minimum atomic E-state index is -0.178. The van der Waals surface area contributed by atoms with Crippen molar-refractivity contribution in [2.75, 3.05) is 6.54 Å². The molecule has 1 aliphatic rings. The maximum atomic E-state index is 6.04. The summed E-state index contributed by atoms with van der Waals surface area (Å²) >= 11 is 0. The Morgan fingerprint density at radius 3 is 2.65 bits per heavy atom. The van der Waals surface area contributed by atoms with Crippen molar-refractivity contribution in [3.05, 3.63) is 65.2 Å². The minimum Gasteiger partial charge on any atom is -0.488 e. The van der Waals surface area contributed by atoms with Crippen molar-refractivity contribution < 1.29 is 4.74 Å². The van der Waals surface area contributed by atoms with Crippen molar-refractivity contribution in [3.63, 3.8) is 0 Å². The standard InChI is InChI=1S/C20H26N2O/c1-20(2,3)23-17-9-6-7-15(11-17)13-22-14-16-8-4-5-10-18(16)19(22)12-21/h4-11,19H,12-14,21H2,1-3H3. The van der Waals surface area contributed by atoms with Crippen LogP contribution in [0.15, 0.2) is 48.5 Å². The summed E-state index contributed by atoms with van der Waals surface area (Å²) in [4.78, 5) is 2.45. The summed E-state index contributed by atoms with van der Waals surface area (Å²) in [5.41, 5.74) is 9.89. The third-order valence-electron chi connectivity index (χ3n) is 4.16. The molecule has 2 aromatic rings. The summed E-state index contributed by atoms with van der Waals surface area (Å²) in [7, 11) is 0. The van der Waals surface area contributed by atoms with Crippen molar-refractivity contribution in [2.45, 2.75) is 45.5 Å². The Labute approximate surface area is 139 Å². The van der Waals surface area contributed by atoms with Gasteiger partial charge in [0, 0.05) is 25.7 Å². The quantitative estimate of drug-likeness (QED) is 0.931. The van der Waals surface area contributed by atoms with Gasteiger partial charge in [-0.05, 0) is 49.6 Å². The molecule has 0 radical (unpaired) electrons. The van der Waals surface area contributed by atoms with Gasteiger partial charge in [-0.1, -0.05) is 36.4 Å². The van der Waals surface area contributed by atoms with Gasteiger partial charge in [0.1, 0.15) is 11.4 Å². The summed E-state index contributed by atoms with van der Waals surface area (Å²) in [5, 5.41) is 0. The number of nitrogens with zero attached hydrogens (tertiary/aromatic N) is 1. The topological polar surface area (TPSA) is 38.5 Å². The third kappa shape index (κ3) is 3.74. The smallest absolute Gasteiger partial charge is 0.120 e. The van der Waals surface area contributed by atoms with E-state index in [-0.39, 0.29) is 5.60 Å². The number of benzene rings is 2. The average molecular weight is 310 g/mol. The maximum absolute atomic E-state index is 6.04. The van der Waals surface area contributed by atoms with Gasteiger partial charge in [-0.25, -0.2) is 0 Å². The van der Waals surface area contributed by atoms with E-state index in [1.807, 2.05) is 6.07 Å². The van der Waals surface area contributed by atoms with Gasteiger partial charge in [0.05, 0.1) is 0 Å². The summed E-state index contributed by atoms with van der Waals surface area (Å²) in [6, 6.07) is 17.3. The van der Waals surface area contributed by atoms with E-state index >= 15 is 0 Å². The molecule has 3 heteroatoms. The number of ether oxygens (including phenoxy) is 1. The van der Waals surface area contributed by atoms with Crippen LogP contribution in [-0.4, -0.2) is 17.0 Å². The predicted octanol–water partition coefficient (Wildman–Crippen LogP) is 3.88. The fourth-order valence-corrected chi connectivity index (χ4v) is 3.27. The lowest BCUT2D eigenvalue weighted by atomic mass is 10.1. The molecule has 2 N–H and O–H groups in total. The molecule has 0 fully saturated rings. The van der Waals surface area contributed by atoms with Gasteiger partial charge < -0.3 is 10.5 Å². The van der Waals surface area contributed by atoms with Crippen molar-refractivity contribution in [1.82, 2.24) is 4.90 Å². The highest BCUT2D eigenvalue weighted by molar-refractivity contribution is 5.35. The second kappa shape index (κ2) is 6.34. The fraction of sp³-hybridized carbons (Fsp3) is 0.400. The second-order valence-electron chi connectivity index (χ2n) is 7.22. The summed E-state index contributed by atoms with van der Waals surface area (Å²) in [6.07, 6.45) is 0. The van der Waals surface area contributed by atoms with Crippen LogP contribution in [0.25, 0.3) is 0 Å². The number of rotatable bonds is 4. The Hall–Kier alpha value is -1.84. The average Bonchev–Trinajstić information content (AvgIpc) is 2.82. The van der Waals surface area contributed by atoms with Crippen LogP contribution in [0.5, 0.6) is 5.75 Å². The molecule has 0 saturated heterocycles. The molecule has 0 spiro atoms. The molecule has 0 saturated carbocycles. The minimum absolute atomic E-state index is 0.178. The molecular weight excluding hydrogens is 284 g/mol. The number of fused-ring (bicyclic) bond motifs is 1. The molecule has 0 aromatic heterocycles. The van der Waals surface area contributed by atoms with Crippen LogP contribution in [0.4, 0.5) is 0 Å². The normalized spacial score (nSPS) is 18.0. The first kappa shape index (κ1) is 16.0. The molecule has 0 aliphatic carbocycles. The molecule has 1 aliphatic heterocycles. The van der Waals surface area contributed by atoms with Crippen molar-refractivity contribution in [2.24, 2.45) is 5.73 Å². The van der Waals surface area contributed by atoms with Crippen molar-refractivity contribution >= 4 is 0 Å². The molecule has 1 heterocycles. The van der Waals surface area contributed by atoms with Gasteiger partial charge in [-0.15, -0.1) is 0 Å². The summed E-state index contributed by atoms with van der Waals surface area (Å²) < 4.78 is 5.98. The zero-order valence-corrected chi connectivity index (χ0v) is 14.3. The first-order chi connectivity index (χ1) is 11.0. The van der Waals surface area contributed by atoms with Crippen molar-refractivity contribution in [3.8, 4) is 5.75 Å². The Kier molecular flexibility index (Phi) is 4.42. The van der Waals surface area contributed by atoms with Gasteiger partial charge in [0.2, 0.25) is 0 Å². The van der Waals surface area contributed by atoms with E-state index in [9.17, 15) is 0 Å². The van der Waals surface area contributed by atoms with Crippen LogP contribution in [0, 0.1) is 0 Å². The third-order valence-corrected chi connectivity index (χ3v) is 4.16. The molecule has 3 rings (SSSR count). The van der Waals surface area contributed by atoms with E-state index < -0.39 is 0 Å². The number of hydrogen-bond acceptors (Lipinski definition) is 3. The van der Waals surface area contributed by atoms with Crippen molar-refractivity contribution in [1.29, 1.82) is 0 Å². The van der Waals surface area contributed by atoms with Crippen LogP contribution >= 0.6 is 0 Å². The molecule has 23 heavy (non-hydrogen) atoms. The van der Waals surface area contributed by atoms with Crippen LogP contribution < -0.4 is 10.5 Å². The highest BCUT2D eigenvalue weighted by Crippen LogP contribution is 2.34. The summed E-state index contributed by atoms with van der Waals surface area (Å²) in [5.74, 6) is 0.927. The molecule has 122 valence electrons. The zero-order chi connectivity index (χ0) is 16.4. The Morgan fingerprint density at radius 1 is 1.13 bits per heavy atom. The van der Waals surface area contributed by atoms with Gasteiger partial charge in [-0.2, -0.15) is 0 Å². The van der Waals surface area contributed by atoms with Gasteiger partial charge in [0.15, 0.2) is 0 Å². The van der Waals surface area contributed by atoms with E-state index in [1.54, 1.807) is 0 Å². The van der Waals surface area contributed by atoms with E-state index in [0.717, 1.165) is 18.8 Å². The predicted molar refractivity (Wildman–Crippen MR) is 94.3 cm³/mol. The van der Waals surface area contributed by atoms with E-state index in [2.05, 4.69) is 68.1 Å². The lowest BCUT2D eigenvalue weighted by molar-refractivity contribution is 0.130. The molecule has 2 aromatic carbocycles. The Bertz CT molecular complexity index is 675. The highest BCUT2D eigenvalue weighted by atomic mass is 16.5. The van der Waals surface area contributed by atoms with E-state index in [0.29, 0.717) is 12.6 Å². The zero-order valence-electron chi connectivity index (χ0n) is 14.3. The molecule has 1 unspecified atom stereocenters. The van der Waals surface area contributed by atoms with Gasteiger partial charge >= 0.3 is 0 Å². The molecule has 3 nitrogen and oxygen atoms in total. The van der Waals surface area contributed by atoms with E-state index in [4.69, 9.17) is 10.5 Å². The molecule has 0 amide bonds. The highest BCUT2D eigenvalue weighted by Gasteiger charge is 2.28. The maximum Gasteiger partial charge on any atom is 0.120 e. The van der Waals surface area contributed by atoms with Gasteiger partial charge in [-0.3, -0.25) is 4.90 Å². The first-order valence-corrected chi connectivity index (χ1v) is 8.26. The van der Waals surface area contributed by atoms with Crippen LogP contribution in [0.1, 0.15) is 43.5 Å². The Balaban J connectivity index is 1.76. The number of hydrogen-bond donors (Lipinski definition) is 1.